The maximum atomic E-state index is 13.3. The fourth-order valence-corrected chi connectivity index (χ4v) is 3.89. The van der Waals surface area contributed by atoms with Crippen LogP contribution in [0.5, 0.6) is 5.75 Å². The van der Waals surface area contributed by atoms with Crippen LogP contribution in [0.1, 0.15) is 111 Å². The highest BCUT2D eigenvalue weighted by Crippen LogP contribution is 2.18. The standard InChI is InChI=1S/C29H39FO4/c1-2-3-4-5-6-7-8-9-10-11-12-13-16-22-33-28(31)26-20-14-15-21-27(26)29(32)34-25-19-17-18-24(30)23-25/h14-15,17-21,23H,2-13,16,22H2,1H3. The van der Waals surface area contributed by atoms with Gasteiger partial charge in [0, 0.05) is 6.07 Å². The molecule has 0 saturated heterocycles. The van der Waals surface area contributed by atoms with E-state index in [4.69, 9.17) is 9.47 Å². The van der Waals surface area contributed by atoms with Gasteiger partial charge in [-0.05, 0) is 30.7 Å². The van der Waals surface area contributed by atoms with Crippen molar-refractivity contribution in [3.63, 3.8) is 0 Å². The van der Waals surface area contributed by atoms with Crippen LogP contribution in [-0.4, -0.2) is 18.5 Å². The number of carbonyl (C=O) groups excluding carboxylic acids is 2. The molecule has 0 spiro atoms. The number of halogens is 1. The maximum Gasteiger partial charge on any atom is 0.344 e. The monoisotopic (exact) mass is 470 g/mol. The molecule has 0 atom stereocenters. The second-order valence-electron chi connectivity index (χ2n) is 8.77. The normalized spacial score (nSPS) is 10.8. The first-order valence-electron chi connectivity index (χ1n) is 12.9. The van der Waals surface area contributed by atoms with Gasteiger partial charge in [0.25, 0.3) is 0 Å². The summed E-state index contributed by atoms with van der Waals surface area (Å²) in [4.78, 5) is 25.0. The zero-order chi connectivity index (χ0) is 24.4. The van der Waals surface area contributed by atoms with Gasteiger partial charge in [-0.25, -0.2) is 14.0 Å². The first kappa shape index (κ1) is 27.6. The highest BCUT2D eigenvalue weighted by atomic mass is 19.1. The Morgan fingerprint density at radius 3 is 1.76 bits per heavy atom. The van der Waals surface area contributed by atoms with Gasteiger partial charge in [0.2, 0.25) is 0 Å². The van der Waals surface area contributed by atoms with Crippen LogP contribution in [0.25, 0.3) is 0 Å². The first-order chi connectivity index (χ1) is 16.6. The van der Waals surface area contributed by atoms with E-state index in [9.17, 15) is 14.0 Å². The smallest absolute Gasteiger partial charge is 0.344 e. The number of hydrogen-bond donors (Lipinski definition) is 0. The Morgan fingerprint density at radius 2 is 1.21 bits per heavy atom. The number of ether oxygens (including phenoxy) is 2. The Hall–Kier alpha value is -2.69. The van der Waals surface area contributed by atoms with Crippen LogP contribution >= 0.6 is 0 Å². The average Bonchev–Trinajstić information content (AvgIpc) is 2.84. The van der Waals surface area contributed by atoms with E-state index in [1.54, 1.807) is 12.1 Å². The molecule has 186 valence electrons. The SMILES string of the molecule is CCCCCCCCCCCCCCCOC(=O)c1ccccc1C(=O)Oc1cccc(F)c1. The molecule has 0 aliphatic carbocycles. The molecule has 2 aromatic rings. The molecule has 0 heterocycles. The summed E-state index contributed by atoms with van der Waals surface area (Å²) < 4.78 is 23.9. The fourth-order valence-electron chi connectivity index (χ4n) is 3.89. The molecule has 0 unspecified atom stereocenters. The second-order valence-corrected chi connectivity index (χ2v) is 8.77. The summed E-state index contributed by atoms with van der Waals surface area (Å²) in [6, 6.07) is 11.7. The molecule has 4 nitrogen and oxygen atoms in total. The Balaban J connectivity index is 1.60. The van der Waals surface area contributed by atoms with E-state index in [1.165, 1.54) is 94.5 Å². The minimum absolute atomic E-state index is 0.0835. The maximum absolute atomic E-state index is 13.3. The minimum Gasteiger partial charge on any atom is -0.462 e. The number of unbranched alkanes of at least 4 members (excludes halogenated alkanes) is 12. The van der Waals surface area contributed by atoms with Crippen molar-refractivity contribution in [3.05, 3.63) is 65.5 Å². The second kappa shape index (κ2) is 16.9. The van der Waals surface area contributed by atoms with E-state index in [2.05, 4.69) is 6.92 Å². The van der Waals surface area contributed by atoms with Crippen molar-refractivity contribution >= 4 is 11.9 Å². The topological polar surface area (TPSA) is 52.6 Å². The predicted octanol–water partition coefficient (Wildman–Crippen LogP) is 8.29. The highest BCUT2D eigenvalue weighted by molar-refractivity contribution is 6.03. The van der Waals surface area contributed by atoms with E-state index in [0.717, 1.165) is 25.3 Å². The molecule has 34 heavy (non-hydrogen) atoms. The summed E-state index contributed by atoms with van der Waals surface area (Å²) in [5, 5.41) is 0. The number of hydrogen-bond acceptors (Lipinski definition) is 4. The van der Waals surface area contributed by atoms with Crippen LogP contribution in [0.3, 0.4) is 0 Å². The van der Waals surface area contributed by atoms with Crippen LogP contribution in [0.2, 0.25) is 0 Å². The molecule has 0 aliphatic rings. The first-order valence-corrected chi connectivity index (χ1v) is 12.9. The van der Waals surface area contributed by atoms with Crippen molar-refractivity contribution in [2.75, 3.05) is 6.61 Å². The summed E-state index contributed by atoms with van der Waals surface area (Å²) in [5.41, 5.74) is 0.251. The van der Waals surface area contributed by atoms with Gasteiger partial charge >= 0.3 is 11.9 Å². The number of esters is 2. The van der Waals surface area contributed by atoms with E-state index in [1.807, 2.05) is 0 Å². The molecule has 0 amide bonds. The van der Waals surface area contributed by atoms with E-state index < -0.39 is 17.8 Å². The lowest BCUT2D eigenvalue weighted by Crippen LogP contribution is -2.16. The predicted molar refractivity (Wildman–Crippen MR) is 134 cm³/mol. The molecule has 0 N–H and O–H groups in total. The Labute approximate surface area is 203 Å². The van der Waals surface area contributed by atoms with E-state index in [0.29, 0.717) is 6.61 Å². The number of rotatable bonds is 17. The molecule has 2 aromatic carbocycles. The van der Waals surface area contributed by atoms with E-state index >= 15 is 0 Å². The Bertz CT molecular complexity index is 865. The molecular formula is C29H39FO4. The number of carbonyl (C=O) groups is 2. The summed E-state index contributed by atoms with van der Waals surface area (Å²) in [7, 11) is 0. The lowest BCUT2D eigenvalue weighted by molar-refractivity contribution is 0.0489. The highest BCUT2D eigenvalue weighted by Gasteiger charge is 2.19. The van der Waals surface area contributed by atoms with Crippen LogP contribution in [0.15, 0.2) is 48.5 Å². The van der Waals surface area contributed by atoms with Crippen molar-refractivity contribution < 1.29 is 23.5 Å². The lowest BCUT2D eigenvalue weighted by Gasteiger charge is -2.10. The van der Waals surface area contributed by atoms with E-state index in [-0.39, 0.29) is 16.9 Å². The third kappa shape index (κ3) is 11.0. The van der Waals surface area contributed by atoms with Crippen LogP contribution in [0.4, 0.5) is 4.39 Å². The van der Waals surface area contributed by atoms with Gasteiger partial charge in [-0.2, -0.15) is 0 Å². The third-order valence-electron chi connectivity index (χ3n) is 5.85. The quantitative estimate of drug-likeness (QED) is 0.133. The van der Waals surface area contributed by atoms with Crippen molar-refractivity contribution in [1.82, 2.24) is 0 Å². The van der Waals surface area contributed by atoms with Crippen LogP contribution < -0.4 is 4.74 Å². The fraction of sp³-hybridized carbons (Fsp3) is 0.517. The summed E-state index contributed by atoms with van der Waals surface area (Å²) in [6.45, 7) is 2.57. The van der Waals surface area contributed by atoms with Gasteiger partial charge < -0.3 is 9.47 Å². The van der Waals surface area contributed by atoms with Crippen molar-refractivity contribution in [2.45, 2.75) is 90.4 Å². The zero-order valence-corrected chi connectivity index (χ0v) is 20.5. The molecule has 0 aromatic heterocycles. The van der Waals surface area contributed by atoms with Gasteiger partial charge in [0.05, 0.1) is 17.7 Å². The van der Waals surface area contributed by atoms with Gasteiger partial charge in [-0.1, -0.05) is 102 Å². The van der Waals surface area contributed by atoms with Crippen molar-refractivity contribution in [1.29, 1.82) is 0 Å². The van der Waals surface area contributed by atoms with Crippen molar-refractivity contribution in [3.8, 4) is 5.75 Å². The Kier molecular flexibility index (Phi) is 13.7. The molecule has 5 heteroatoms. The van der Waals surface area contributed by atoms with Gasteiger partial charge in [-0.15, -0.1) is 0 Å². The van der Waals surface area contributed by atoms with Gasteiger partial charge in [0.1, 0.15) is 11.6 Å². The minimum atomic E-state index is -0.723. The average molecular weight is 471 g/mol. The largest absolute Gasteiger partial charge is 0.462 e. The summed E-state index contributed by atoms with van der Waals surface area (Å²) in [5.74, 6) is -1.69. The lowest BCUT2D eigenvalue weighted by atomic mass is 10.0. The zero-order valence-electron chi connectivity index (χ0n) is 20.5. The van der Waals surface area contributed by atoms with Crippen LogP contribution in [0, 0.1) is 5.82 Å². The molecule has 2 rings (SSSR count). The molecule has 0 bridgehead atoms. The summed E-state index contributed by atoms with van der Waals surface area (Å²) >= 11 is 0. The Morgan fingerprint density at radius 1 is 0.676 bits per heavy atom. The molecule has 0 aliphatic heterocycles. The molecule has 0 fully saturated rings. The molecule has 0 saturated carbocycles. The van der Waals surface area contributed by atoms with Crippen molar-refractivity contribution in [2.24, 2.45) is 0 Å². The van der Waals surface area contributed by atoms with Crippen LogP contribution in [-0.2, 0) is 4.74 Å². The molecule has 0 radical (unpaired) electrons. The van der Waals surface area contributed by atoms with Gasteiger partial charge in [0.15, 0.2) is 0 Å². The molecular weight excluding hydrogens is 431 g/mol. The number of benzene rings is 2. The third-order valence-corrected chi connectivity index (χ3v) is 5.85. The summed E-state index contributed by atoms with van der Waals surface area (Å²) in [6.07, 6.45) is 16.3. The van der Waals surface area contributed by atoms with Gasteiger partial charge in [-0.3, -0.25) is 0 Å².